The van der Waals surface area contributed by atoms with Crippen LogP contribution in [-0.4, -0.2) is 60.5 Å². The van der Waals surface area contributed by atoms with E-state index in [1.165, 1.54) is 0 Å². The van der Waals surface area contributed by atoms with Crippen molar-refractivity contribution in [2.45, 2.75) is 31.7 Å². The average molecular weight is 282 g/mol. The first-order valence-electron chi connectivity index (χ1n) is 6.83. The van der Waals surface area contributed by atoms with Gasteiger partial charge in [0.15, 0.2) is 0 Å². The van der Waals surface area contributed by atoms with Crippen molar-refractivity contribution >= 4 is 5.91 Å². The van der Waals surface area contributed by atoms with Crippen molar-refractivity contribution in [3.8, 4) is 0 Å². The number of amides is 1. The van der Waals surface area contributed by atoms with Crippen LogP contribution in [0.25, 0.3) is 0 Å². The van der Waals surface area contributed by atoms with Crippen LogP contribution in [0.15, 0.2) is 4.63 Å². The minimum atomic E-state index is -0.0588. The number of aryl methyl sites for hydroxylation is 1. The molecule has 7 heteroatoms. The Kier molecular flexibility index (Phi) is 4.72. The molecule has 7 nitrogen and oxygen atoms in total. The summed E-state index contributed by atoms with van der Waals surface area (Å²) < 4.78 is 10.0. The van der Waals surface area contributed by atoms with Gasteiger partial charge in [0.2, 0.25) is 5.91 Å². The fraction of sp³-hybridized carbons (Fsp3) is 0.769. The fourth-order valence-electron chi connectivity index (χ4n) is 2.42. The number of hydrogen-bond donors (Lipinski definition) is 1. The van der Waals surface area contributed by atoms with Gasteiger partial charge in [-0.2, -0.15) is 0 Å². The minimum absolute atomic E-state index is 0.0228. The van der Waals surface area contributed by atoms with E-state index in [2.05, 4.69) is 25.2 Å². The Morgan fingerprint density at radius 1 is 1.35 bits per heavy atom. The highest BCUT2D eigenvalue weighted by atomic mass is 16.6. The maximum atomic E-state index is 12.0. The van der Waals surface area contributed by atoms with Crippen molar-refractivity contribution in [1.29, 1.82) is 0 Å². The normalized spacial score (nSPS) is 18.2. The van der Waals surface area contributed by atoms with Crippen molar-refractivity contribution in [1.82, 2.24) is 20.5 Å². The highest BCUT2D eigenvalue weighted by Crippen LogP contribution is 2.25. The monoisotopic (exact) mass is 282 g/mol. The summed E-state index contributed by atoms with van der Waals surface area (Å²) in [7, 11) is 4.09. The first kappa shape index (κ1) is 14.9. The first-order chi connectivity index (χ1) is 9.53. The molecule has 1 aromatic heterocycles. The minimum Gasteiger partial charge on any atom is -0.381 e. The van der Waals surface area contributed by atoms with Gasteiger partial charge in [-0.15, -0.1) is 0 Å². The number of ether oxygens (including phenoxy) is 1. The van der Waals surface area contributed by atoms with Crippen LogP contribution in [0.3, 0.4) is 0 Å². The largest absolute Gasteiger partial charge is 0.381 e. The maximum absolute atomic E-state index is 12.0. The summed E-state index contributed by atoms with van der Waals surface area (Å²) in [5.74, 6) is -0.0588. The van der Waals surface area contributed by atoms with E-state index in [4.69, 9.17) is 4.74 Å². The van der Waals surface area contributed by atoms with Gasteiger partial charge in [0.1, 0.15) is 11.4 Å². The van der Waals surface area contributed by atoms with Crippen LogP contribution in [0.5, 0.6) is 0 Å². The topological polar surface area (TPSA) is 80.5 Å². The summed E-state index contributed by atoms with van der Waals surface area (Å²) in [6.07, 6.45) is 2.05. The van der Waals surface area contributed by atoms with E-state index in [1.807, 2.05) is 14.1 Å². The lowest BCUT2D eigenvalue weighted by Crippen LogP contribution is -2.55. The van der Waals surface area contributed by atoms with Crippen molar-refractivity contribution in [3.05, 3.63) is 11.4 Å². The Balaban J connectivity index is 1.89. The molecule has 0 atom stereocenters. The van der Waals surface area contributed by atoms with E-state index in [9.17, 15) is 4.79 Å². The molecule has 1 fully saturated rings. The van der Waals surface area contributed by atoms with Gasteiger partial charge in [0.25, 0.3) is 0 Å². The number of aromatic nitrogens is 2. The summed E-state index contributed by atoms with van der Waals surface area (Å²) in [6.45, 7) is 3.87. The van der Waals surface area contributed by atoms with Gasteiger partial charge >= 0.3 is 0 Å². The second kappa shape index (κ2) is 6.32. The van der Waals surface area contributed by atoms with Gasteiger partial charge in [-0.1, -0.05) is 10.3 Å². The Morgan fingerprint density at radius 2 is 2.05 bits per heavy atom. The molecule has 0 aliphatic carbocycles. The zero-order valence-electron chi connectivity index (χ0n) is 12.3. The highest BCUT2D eigenvalue weighted by molar-refractivity contribution is 5.78. The number of carbonyl (C=O) groups is 1. The van der Waals surface area contributed by atoms with Crippen molar-refractivity contribution in [2.24, 2.45) is 0 Å². The SMILES string of the molecule is Cc1nonc1CC(=O)NCC1(N(C)C)CCOCC1. The summed E-state index contributed by atoms with van der Waals surface area (Å²) in [5, 5.41) is 10.4. The number of nitrogens with zero attached hydrogens (tertiary/aromatic N) is 3. The summed E-state index contributed by atoms with van der Waals surface area (Å²) in [6, 6.07) is 0. The lowest BCUT2D eigenvalue weighted by atomic mass is 9.88. The number of nitrogens with one attached hydrogen (secondary N) is 1. The van der Waals surface area contributed by atoms with E-state index < -0.39 is 0 Å². The van der Waals surface area contributed by atoms with E-state index in [1.54, 1.807) is 6.92 Å². The van der Waals surface area contributed by atoms with Gasteiger partial charge in [0.05, 0.1) is 6.42 Å². The second-order valence-corrected chi connectivity index (χ2v) is 5.48. The van der Waals surface area contributed by atoms with Crippen LogP contribution >= 0.6 is 0 Å². The van der Waals surface area contributed by atoms with Crippen molar-refractivity contribution in [2.75, 3.05) is 33.9 Å². The van der Waals surface area contributed by atoms with Gasteiger partial charge in [-0.05, 0) is 33.9 Å². The molecular formula is C13H22N4O3. The molecule has 1 saturated heterocycles. The van der Waals surface area contributed by atoms with Crippen LogP contribution in [0, 0.1) is 6.92 Å². The standard InChI is InChI=1S/C13H22N4O3/c1-10-11(16-20-15-10)8-12(18)14-9-13(17(2)3)4-6-19-7-5-13/h4-9H2,1-3H3,(H,14,18). The molecular weight excluding hydrogens is 260 g/mol. The van der Waals surface area contributed by atoms with Gasteiger partial charge in [-0.25, -0.2) is 4.63 Å². The lowest BCUT2D eigenvalue weighted by molar-refractivity contribution is -0.121. The van der Waals surface area contributed by atoms with Gasteiger partial charge in [-0.3, -0.25) is 4.79 Å². The Morgan fingerprint density at radius 3 is 2.60 bits per heavy atom. The molecule has 1 amide bonds. The molecule has 0 aromatic carbocycles. The summed E-state index contributed by atoms with van der Waals surface area (Å²) >= 11 is 0. The Labute approximate surface area is 118 Å². The summed E-state index contributed by atoms with van der Waals surface area (Å²) in [4.78, 5) is 14.2. The number of hydrogen-bond acceptors (Lipinski definition) is 6. The third-order valence-corrected chi connectivity index (χ3v) is 4.06. The molecule has 1 aromatic rings. The maximum Gasteiger partial charge on any atom is 0.226 e. The molecule has 1 aliphatic rings. The predicted molar refractivity (Wildman–Crippen MR) is 72.2 cm³/mol. The van der Waals surface area contributed by atoms with E-state index in [-0.39, 0.29) is 17.9 Å². The molecule has 0 unspecified atom stereocenters. The molecule has 0 spiro atoms. The van der Waals surface area contributed by atoms with Crippen molar-refractivity contribution in [3.63, 3.8) is 0 Å². The Hall–Kier alpha value is -1.47. The Bertz CT molecular complexity index is 452. The van der Waals surface area contributed by atoms with Crippen LogP contribution in [0.1, 0.15) is 24.2 Å². The molecule has 20 heavy (non-hydrogen) atoms. The quantitative estimate of drug-likeness (QED) is 0.828. The molecule has 0 radical (unpaired) electrons. The fourth-order valence-corrected chi connectivity index (χ4v) is 2.42. The predicted octanol–water partition coefficient (Wildman–Crippen LogP) is 0.148. The van der Waals surface area contributed by atoms with Crippen LogP contribution in [-0.2, 0) is 16.0 Å². The third-order valence-electron chi connectivity index (χ3n) is 4.06. The number of likely N-dealkylation sites (N-methyl/N-ethyl adjacent to an activating group) is 1. The molecule has 112 valence electrons. The van der Waals surface area contributed by atoms with E-state index >= 15 is 0 Å². The van der Waals surface area contributed by atoms with E-state index in [0.717, 1.165) is 26.1 Å². The van der Waals surface area contributed by atoms with Gasteiger partial charge in [0, 0.05) is 25.3 Å². The molecule has 2 heterocycles. The lowest BCUT2D eigenvalue weighted by Gasteiger charge is -2.42. The molecule has 1 N–H and O–H groups in total. The molecule has 1 aliphatic heterocycles. The van der Waals surface area contributed by atoms with E-state index in [0.29, 0.717) is 17.9 Å². The molecule has 0 saturated carbocycles. The highest BCUT2D eigenvalue weighted by Gasteiger charge is 2.35. The smallest absolute Gasteiger partial charge is 0.226 e. The number of rotatable bonds is 5. The van der Waals surface area contributed by atoms with Crippen LogP contribution in [0.2, 0.25) is 0 Å². The van der Waals surface area contributed by atoms with Crippen molar-refractivity contribution < 1.29 is 14.2 Å². The number of carbonyl (C=O) groups excluding carboxylic acids is 1. The molecule has 0 bridgehead atoms. The molecule has 2 rings (SSSR count). The zero-order valence-corrected chi connectivity index (χ0v) is 12.3. The average Bonchev–Trinajstić information content (AvgIpc) is 2.83. The summed E-state index contributed by atoms with van der Waals surface area (Å²) in [5.41, 5.74) is 1.23. The van der Waals surface area contributed by atoms with Crippen LogP contribution < -0.4 is 5.32 Å². The second-order valence-electron chi connectivity index (χ2n) is 5.48. The first-order valence-corrected chi connectivity index (χ1v) is 6.83. The van der Waals surface area contributed by atoms with Gasteiger partial charge < -0.3 is 15.0 Å². The van der Waals surface area contributed by atoms with Crippen LogP contribution in [0.4, 0.5) is 0 Å². The third kappa shape index (κ3) is 3.34. The zero-order chi connectivity index (χ0) is 14.6.